The van der Waals surface area contributed by atoms with E-state index in [1.165, 1.54) is 77.0 Å². The zero-order valence-corrected chi connectivity index (χ0v) is 9.56. The Hall–Kier alpha value is 0. The quantitative estimate of drug-likeness (QED) is 0.520. The zero-order chi connectivity index (χ0) is 9.64. The van der Waals surface area contributed by atoms with Gasteiger partial charge in [-0.25, -0.2) is 0 Å². The molecule has 2 aliphatic rings. The van der Waals surface area contributed by atoms with Gasteiger partial charge in [0.15, 0.2) is 0 Å². The Morgan fingerprint density at radius 1 is 0.571 bits per heavy atom. The van der Waals surface area contributed by atoms with Crippen LogP contribution in [-0.4, -0.2) is 0 Å². The van der Waals surface area contributed by atoms with Gasteiger partial charge >= 0.3 is 0 Å². The van der Waals surface area contributed by atoms with Gasteiger partial charge in [0.1, 0.15) is 0 Å². The van der Waals surface area contributed by atoms with Crippen LogP contribution in [0.2, 0.25) is 0 Å². The molecule has 14 heavy (non-hydrogen) atoms. The summed E-state index contributed by atoms with van der Waals surface area (Å²) in [6.45, 7) is 0. The predicted molar refractivity (Wildman–Crippen MR) is 62.1 cm³/mol. The Morgan fingerprint density at radius 3 is 1.64 bits per heavy atom. The molecule has 0 atom stereocenters. The second kappa shape index (κ2) is 5.78. The molecule has 0 aromatic carbocycles. The first-order valence-corrected chi connectivity index (χ1v) is 6.81. The molecule has 0 spiro atoms. The van der Waals surface area contributed by atoms with E-state index in [2.05, 4.69) is 0 Å². The number of hydrogen-bond acceptors (Lipinski definition) is 0. The van der Waals surface area contributed by atoms with Crippen molar-refractivity contribution in [3.05, 3.63) is 5.92 Å². The third-order valence-corrected chi connectivity index (χ3v) is 4.18. The number of hydrogen-bond donors (Lipinski definition) is 0. The Morgan fingerprint density at radius 2 is 1.07 bits per heavy atom. The van der Waals surface area contributed by atoms with Gasteiger partial charge in [-0.3, -0.25) is 0 Å². The zero-order valence-electron chi connectivity index (χ0n) is 9.56. The Balaban J connectivity index is 1.83. The topological polar surface area (TPSA) is 0 Å². The summed E-state index contributed by atoms with van der Waals surface area (Å²) in [5, 5.41) is 0. The molecule has 0 nitrogen and oxygen atoms in total. The summed E-state index contributed by atoms with van der Waals surface area (Å²) in [5.74, 6) is 3.00. The molecule has 0 aromatic rings. The van der Waals surface area contributed by atoms with E-state index in [1.807, 2.05) is 5.92 Å². The summed E-state index contributed by atoms with van der Waals surface area (Å²) in [6.07, 6.45) is 18.0. The average Bonchev–Trinajstić information content (AvgIpc) is 2.62. The molecule has 2 aliphatic carbocycles. The van der Waals surface area contributed by atoms with E-state index in [-0.39, 0.29) is 0 Å². The third kappa shape index (κ3) is 3.00. The van der Waals surface area contributed by atoms with Crippen molar-refractivity contribution in [1.29, 1.82) is 0 Å². The van der Waals surface area contributed by atoms with Crippen LogP contribution in [0.3, 0.4) is 0 Å². The molecule has 0 bridgehead atoms. The van der Waals surface area contributed by atoms with Crippen molar-refractivity contribution in [2.75, 3.05) is 0 Å². The Bertz CT molecular complexity index is 116. The minimum atomic E-state index is 1.04. The number of rotatable bonds is 1. The Kier molecular flexibility index (Phi) is 4.34. The van der Waals surface area contributed by atoms with Gasteiger partial charge in [0.2, 0.25) is 0 Å². The van der Waals surface area contributed by atoms with Crippen molar-refractivity contribution < 1.29 is 0 Å². The van der Waals surface area contributed by atoms with E-state index < -0.39 is 0 Å². The first-order valence-electron chi connectivity index (χ1n) is 6.81. The van der Waals surface area contributed by atoms with Crippen LogP contribution >= 0.6 is 0 Å². The molecule has 0 saturated heterocycles. The van der Waals surface area contributed by atoms with Gasteiger partial charge in [0.05, 0.1) is 0 Å². The summed E-state index contributed by atoms with van der Waals surface area (Å²) in [6, 6.07) is 0. The maximum absolute atomic E-state index is 1.96. The molecule has 2 rings (SSSR count). The van der Waals surface area contributed by atoms with Gasteiger partial charge < -0.3 is 0 Å². The summed E-state index contributed by atoms with van der Waals surface area (Å²) in [4.78, 5) is 0. The van der Waals surface area contributed by atoms with Gasteiger partial charge in [-0.1, -0.05) is 51.4 Å². The molecule has 2 saturated carbocycles. The predicted octanol–water partition coefficient (Wildman–Crippen LogP) is 4.89. The van der Waals surface area contributed by atoms with Crippen molar-refractivity contribution in [2.45, 2.75) is 77.0 Å². The summed E-state index contributed by atoms with van der Waals surface area (Å²) >= 11 is 0. The standard InChI is InChI=1S/C14H25/c1-2-6-10-13(9-5-1)14-11-7-3-4-8-12-14/h13H,1-12H2. The minimum Gasteiger partial charge on any atom is -0.0533 e. The van der Waals surface area contributed by atoms with E-state index in [1.54, 1.807) is 0 Å². The molecular formula is C14H25. The maximum atomic E-state index is 1.96. The minimum absolute atomic E-state index is 1.04. The fourth-order valence-electron chi connectivity index (χ4n) is 3.28. The van der Waals surface area contributed by atoms with Crippen LogP contribution in [-0.2, 0) is 0 Å². The van der Waals surface area contributed by atoms with Crippen LogP contribution in [0.1, 0.15) is 77.0 Å². The van der Waals surface area contributed by atoms with E-state index in [9.17, 15) is 0 Å². The van der Waals surface area contributed by atoms with Crippen molar-refractivity contribution >= 4 is 0 Å². The maximum Gasteiger partial charge on any atom is -0.0210 e. The lowest BCUT2D eigenvalue weighted by atomic mass is 9.81. The molecule has 0 heteroatoms. The van der Waals surface area contributed by atoms with E-state index >= 15 is 0 Å². The van der Waals surface area contributed by atoms with Crippen molar-refractivity contribution in [3.8, 4) is 0 Å². The highest BCUT2D eigenvalue weighted by Crippen LogP contribution is 2.38. The molecular weight excluding hydrogens is 168 g/mol. The molecule has 2 fully saturated rings. The lowest BCUT2D eigenvalue weighted by Crippen LogP contribution is -2.11. The normalized spacial score (nSPS) is 28.3. The molecule has 0 aliphatic heterocycles. The van der Waals surface area contributed by atoms with Crippen molar-refractivity contribution in [3.63, 3.8) is 0 Å². The summed E-state index contributed by atoms with van der Waals surface area (Å²) in [5.41, 5.74) is 0. The summed E-state index contributed by atoms with van der Waals surface area (Å²) in [7, 11) is 0. The highest BCUT2D eigenvalue weighted by atomic mass is 14.3. The van der Waals surface area contributed by atoms with Crippen LogP contribution in [0.4, 0.5) is 0 Å². The van der Waals surface area contributed by atoms with Gasteiger partial charge in [0.25, 0.3) is 0 Å². The monoisotopic (exact) mass is 193 g/mol. The third-order valence-electron chi connectivity index (χ3n) is 4.18. The van der Waals surface area contributed by atoms with Crippen molar-refractivity contribution in [1.82, 2.24) is 0 Å². The second-order valence-electron chi connectivity index (χ2n) is 5.26. The Labute approximate surface area is 89.5 Å². The van der Waals surface area contributed by atoms with E-state index in [0.29, 0.717) is 0 Å². The second-order valence-corrected chi connectivity index (χ2v) is 5.26. The fourth-order valence-corrected chi connectivity index (χ4v) is 3.28. The highest BCUT2D eigenvalue weighted by Gasteiger charge is 2.23. The highest BCUT2D eigenvalue weighted by molar-refractivity contribution is 4.97. The fraction of sp³-hybridized carbons (Fsp3) is 0.929. The first kappa shape index (κ1) is 10.5. The van der Waals surface area contributed by atoms with E-state index in [0.717, 1.165) is 5.92 Å². The van der Waals surface area contributed by atoms with Gasteiger partial charge in [0, 0.05) is 0 Å². The lowest BCUT2D eigenvalue weighted by molar-refractivity contribution is 0.430. The molecule has 0 heterocycles. The molecule has 0 aromatic heterocycles. The van der Waals surface area contributed by atoms with Gasteiger partial charge in [-0.15, -0.1) is 0 Å². The molecule has 0 N–H and O–H groups in total. The summed E-state index contributed by atoms with van der Waals surface area (Å²) < 4.78 is 0. The van der Waals surface area contributed by atoms with Crippen molar-refractivity contribution in [2.24, 2.45) is 5.92 Å². The lowest BCUT2D eigenvalue weighted by Gasteiger charge is -2.24. The van der Waals surface area contributed by atoms with Crippen LogP contribution < -0.4 is 0 Å². The molecule has 0 unspecified atom stereocenters. The molecule has 81 valence electrons. The largest absolute Gasteiger partial charge is 0.0533 e. The molecule has 1 radical (unpaired) electrons. The smallest absolute Gasteiger partial charge is 0.0210 e. The van der Waals surface area contributed by atoms with Gasteiger partial charge in [-0.05, 0) is 37.5 Å². The van der Waals surface area contributed by atoms with Gasteiger partial charge in [-0.2, -0.15) is 0 Å². The van der Waals surface area contributed by atoms with Crippen LogP contribution in [0.5, 0.6) is 0 Å². The SMILES string of the molecule is C1CCC[C](C2CCCCCC2)CC1. The van der Waals surface area contributed by atoms with Crippen LogP contribution in [0.15, 0.2) is 0 Å². The first-order chi connectivity index (χ1) is 6.97. The molecule has 0 amide bonds. The van der Waals surface area contributed by atoms with Crippen LogP contribution in [0.25, 0.3) is 0 Å². The van der Waals surface area contributed by atoms with Crippen LogP contribution in [0, 0.1) is 11.8 Å². The van der Waals surface area contributed by atoms with E-state index in [4.69, 9.17) is 0 Å². The average molecular weight is 193 g/mol.